The molecule has 1 N–H and O–H groups in total. The molecule has 1 aromatic heterocycles. The Morgan fingerprint density at radius 1 is 1.67 bits per heavy atom. The fourth-order valence-corrected chi connectivity index (χ4v) is 2.28. The Morgan fingerprint density at radius 3 is 3.17 bits per heavy atom. The van der Waals surface area contributed by atoms with Crippen LogP contribution in [0.3, 0.4) is 0 Å². The molecule has 0 radical (unpaired) electrons. The number of aromatic nitrogens is 1. The van der Waals surface area contributed by atoms with Gasteiger partial charge >= 0.3 is 5.97 Å². The molecule has 1 saturated heterocycles. The lowest BCUT2D eigenvalue weighted by molar-refractivity contribution is 0.0597. The first-order valence-electron chi connectivity index (χ1n) is 6.10. The molecule has 1 unspecified atom stereocenters. The van der Waals surface area contributed by atoms with Crippen LogP contribution in [0.25, 0.3) is 0 Å². The minimum atomic E-state index is -0.351. The van der Waals surface area contributed by atoms with Crippen LogP contribution in [-0.2, 0) is 11.3 Å². The molecule has 1 aromatic rings. The molecule has 0 bridgehead atoms. The van der Waals surface area contributed by atoms with Gasteiger partial charge in [-0.15, -0.1) is 0 Å². The lowest BCUT2D eigenvalue weighted by Crippen LogP contribution is -2.23. The largest absolute Gasteiger partial charge is 0.465 e. The first kappa shape index (κ1) is 13.0. The molecule has 0 amide bonds. The topological polar surface area (TPSA) is 62.7 Å². The Balaban J connectivity index is 2.07. The summed E-state index contributed by atoms with van der Waals surface area (Å²) in [4.78, 5) is 18.1. The standard InChI is InChI=1S/C13H18N2O3/c1-18-13(17)11-3-2-5-14-12(11)8-15-6-4-10(7-15)9-16/h2-3,5,10,16H,4,6-9H2,1H3. The predicted molar refractivity (Wildman–Crippen MR) is 66.0 cm³/mol. The summed E-state index contributed by atoms with van der Waals surface area (Å²) in [5.74, 6) is -0.00806. The summed E-state index contributed by atoms with van der Waals surface area (Å²) in [7, 11) is 1.37. The van der Waals surface area contributed by atoms with E-state index in [4.69, 9.17) is 9.84 Å². The maximum atomic E-state index is 11.6. The van der Waals surface area contributed by atoms with Gasteiger partial charge in [-0.25, -0.2) is 4.79 Å². The van der Waals surface area contributed by atoms with Crippen LogP contribution in [0.4, 0.5) is 0 Å². The third-order valence-corrected chi connectivity index (χ3v) is 3.30. The molecule has 98 valence electrons. The normalized spacial score (nSPS) is 20.0. The van der Waals surface area contributed by atoms with Gasteiger partial charge in [-0.2, -0.15) is 0 Å². The van der Waals surface area contributed by atoms with Crippen LogP contribution < -0.4 is 0 Å². The number of nitrogens with zero attached hydrogens (tertiary/aromatic N) is 2. The number of aliphatic hydroxyl groups is 1. The highest BCUT2D eigenvalue weighted by Crippen LogP contribution is 2.19. The van der Waals surface area contributed by atoms with Gasteiger partial charge in [0.05, 0.1) is 18.4 Å². The molecule has 5 heteroatoms. The minimum Gasteiger partial charge on any atom is -0.465 e. The fraction of sp³-hybridized carbons (Fsp3) is 0.538. The molecule has 5 nitrogen and oxygen atoms in total. The number of ether oxygens (including phenoxy) is 1. The molecule has 18 heavy (non-hydrogen) atoms. The highest BCUT2D eigenvalue weighted by Gasteiger charge is 2.23. The number of methoxy groups -OCH3 is 1. The molecule has 1 atom stereocenters. The van der Waals surface area contributed by atoms with E-state index in [0.717, 1.165) is 25.2 Å². The van der Waals surface area contributed by atoms with Gasteiger partial charge in [0.25, 0.3) is 0 Å². The van der Waals surface area contributed by atoms with Crippen LogP contribution in [0.5, 0.6) is 0 Å². The summed E-state index contributed by atoms with van der Waals surface area (Å²) in [5, 5.41) is 9.11. The zero-order valence-corrected chi connectivity index (χ0v) is 10.5. The van der Waals surface area contributed by atoms with Crippen LogP contribution in [0.1, 0.15) is 22.5 Å². The van der Waals surface area contributed by atoms with Crippen LogP contribution in [0.15, 0.2) is 18.3 Å². The first-order chi connectivity index (χ1) is 8.74. The smallest absolute Gasteiger partial charge is 0.339 e. The van der Waals surface area contributed by atoms with Crippen LogP contribution in [0, 0.1) is 5.92 Å². The number of hydrogen-bond donors (Lipinski definition) is 1. The van der Waals surface area contributed by atoms with E-state index in [-0.39, 0.29) is 12.6 Å². The van der Waals surface area contributed by atoms with Crippen LogP contribution in [0.2, 0.25) is 0 Å². The van der Waals surface area contributed by atoms with Crippen molar-refractivity contribution in [2.24, 2.45) is 5.92 Å². The number of esters is 1. The Morgan fingerprint density at radius 2 is 2.50 bits per heavy atom. The van der Waals surface area contributed by atoms with E-state index in [1.54, 1.807) is 18.3 Å². The van der Waals surface area contributed by atoms with Gasteiger partial charge in [0, 0.05) is 25.9 Å². The number of pyridine rings is 1. The lowest BCUT2D eigenvalue weighted by Gasteiger charge is -2.16. The summed E-state index contributed by atoms with van der Waals surface area (Å²) in [5.41, 5.74) is 1.26. The van der Waals surface area contributed by atoms with Crippen molar-refractivity contribution in [3.05, 3.63) is 29.6 Å². The van der Waals surface area contributed by atoms with E-state index < -0.39 is 0 Å². The molecule has 0 aromatic carbocycles. The van der Waals surface area contributed by atoms with E-state index in [0.29, 0.717) is 18.0 Å². The van der Waals surface area contributed by atoms with E-state index in [2.05, 4.69) is 9.88 Å². The summed E-state index contributed by atoms with van der Waals surface area (Å²) >= 11 is 0. The zero-order chi connectivity index (χ0) is 13.0. The second kappa shape index (κ2) is 5.93. The third kappa shape index (κ3) is 2.86. The average Bonchev–Trinajstić information content (AvgIpc) is 2.86. The number of aliphatic hydroxyl groups excluding tert-OH is 1. The van der Waals surface area contributed by atoms with Gasteiger partial charge < -0.3 is 9.84 Å². The highest BCUT2D eigenvalue weighted by atomic mass is 16.5. The lowest BCUT2D eigenvalue weighted by atomic mass is 10.1. The zero-order valence-electron chi connectivity index (χ0n) is 10.5. The van der Waals surface area contributed by atoms with Gasteiger partial charge in [0.1, 0.15) is 0 Å². The van der Waals surface area contributed by atoms with Crippen molar-refractivity contribution in [1.29, 1.82) is 0 Å². The van der Waals surface area contributed by atoms with Crippen molar-refractivity contribution >= 4 is 5.97 Å². The molecular formula is C13H18N2O3. The number of likely N-dealkylation sites (tertiary alicyclic amines) is 1. The second-order valence-corrected chi connectivity index (χ2v) is 4.56. The highest BCUT2D eigenvalue weighted by molar-refractivity contribution is 5.90. The molecule has 1 aliphatic heterocycles. The maximum Gasteiger partial charge on any atom is 0.339 e. The van der Waals surface area contributed by atoms with Crippen molar-refractivity contribution in [2.45, 2.75) is 13.0 Å². The third-order valence-electron chi connectivity index (χ3n) is 3.30. The minimum absolute atomic E-state index is 0.225. The summed E-state index contributed by atoms with van der Waals surface area (Å²) < 4.78 is 4.75. The molecular weight excluding hydrogens is 232 g/mol. The molecule has 1 aliphatic rings. The van der Waals surface area contributed by atoms with Crippen molar-refractivity contribution in [3.8, 4) is 0 Å². The average molecular weight is 250 g/mol. The Bertz CT molecular complexity index is 422. The Kier molecular flexibility index (Phi) is 4.28. The summed E-state index contributed by atoms with van der Waals surface area (Å²) in [6.07, 6.45) is 2.68. The number of carbonyl (C=O) groups is 1. The maximum absolute atomic E-state index is 11.6. The molecule has 2 heterocycles. The quantitative estimate of drug-likeness (QED) is 0.796. The monoisotopic (exact) mass is 250 g/mol. The molecule has 0 spiro atoms. The van der Waals surface area contributed by atoms with Crippen LogP contribution >= 0.6 is 0 Å². The summed E-state index contributed by atoms with van der Waals surface area (Å²) in [6, 6.07) is 3.46. The predicted octanol–water partition coefficient (Wildman–Crippen LogP) is 0.682. The van der Waals surface area contributed by atoms with Crippen LogP contribution in [-0.4, -0.2) is 47.8 Å². The Hall–Kier alpha value is -1.46. The number of rotatable bonds is 4. The van der Waals surface area contributed by atoms with Gasteiger partial charge in [0.2, 0.25) is 0 Å². The van der Waals surface area contributed by atoms with Gasteiger partial charge in [-0.3, -0.25) is 9.88 Å². The second-order valence-electron chi connectivity index (χ2n) is 4.56. The fourth-order valence-electron chi connectivity index (χ4n) is 2.28. The molecule has 0 saturated carbocycles. The van der Waals surface area contributed by atoms with Gasteiger partial charge in [-0.1, -0.05) is 0 Å². The van der Waals surface area contributed by atoms with E-state index in [1.165, 1.54) is 7.11 Å². The summed E-state index contributed by atoms with van der Waals surface area (Å²) in [6.45, 7) is 2.64. The van der Waals surface area contributed by atoms with Gasteiger partial charge in [-0.05, 0) is 31.0 Å². The van der Waals surface area contributed by atoms with E-state index in [9.17, 15) is 4.79 Å². The molecule has 1 fully saturated rings. The number of hydrogen-bond acceptors (Lipinski definition) is 5. The van der Waals surface area contributed by atoms with Crippen molar-refractivity contribution < 1.29 is 14.6 Å². The van der Waals surface area contributed by atoms with E-state index >= 15 is 0 Å². The number of carbonyl (C=O) groups excluding carboxylic acids is 1. The van der Waals surface area contributed by atoms with Gasteiger partial charge in [0.15, 0.2) is 0 Å². The Labute approximate surface area is 106 Å². The molecule has 2 rings (SSSR count). The van der Waals surface area contributed by atoms with Crippen molar-refractivity contribution in [3.63, 3.8) is 0 Å². The van der Waals surface area contributed by atoms with Crippen molar-refractivity contribution in [2.75, 3.05) is 26.8 Å². The SMILES string of the molecule is COC(=O)c1cccnc1CN1CCC(CO)C1. The van der Waals surface area contributed by atoms with Crippen molar-refractivity contribution in [1.82, 2.24) is 9.88 Å². The van der Waals surface area contributed by atoms with E-state index in [1.807, 2.05) is 0 Å². The first-order valence-corrected chi connectivity index (χ1v) is 6.10. The molecule has 0 aliphatic carbocycles.